The summed E-state index contributed by atoms with van der Waals surface area (Å²) in [5, 5.41) is 8.47. The monoisotopic (exact) mass is 411 g/mol. The molecule has 0 amide bonds. The van der Waals surface area contributed by atoms with Crippen LogP contribution in [0, 0.1) is 0 Å². The number of hydrogen-bond donors (Lipinski definition) is 3. The van der Waals surface area contributed by atoms with E-state index < -0.39 is 0 Å². The van der Waals surface area contributed by atoms with E-state index in [1.807, 2.05) is 38.3 Å². The van der Waals surface area contributed by atoms with E-state index in [0.29, 0.717) is 12.5 Å². The third-order valence-corrected chi connectivity index (χ3v) is 4.96. The van der Waals surface area contributed by atoms with Crippen molar-refractivity contribution in [2.45, 2.75) is 13.8 Å². The molecular formula is C24H25N7. The van der Waals surface area contributed by atoms with Crippen molar-refractivity contribution in [2.24, 2.45) is 4.99 Å². The number of aromatic amines is 1. The van der Waals surface area contributed by atoms with Gasteiger partial charge in [-0.3, -0.25) is 9.98 Å². The van der Waals surface area contributed by atoms with Crippen molar-refractivity contribution < 1.29 is 0 Å². The van der Waals surface area contributed by atoms with Gasteiger partial charge in [-0.2, -0.15) is 9.97 Å². The third kappa shape index (κ3) is 4.16. The molecule has 0 bridgehead atoms. The first-order valence-corrected chi connectivity index (χ1v) is 10.1. The van der Waals surface area contributed by atoms with E-state index >= 15 is 0 Å². The lowest BCUT2D eigenvalue weighted by Crippen LogP contribution is -2.16. The number of H-pyrrole nitrogens is 1. The first-order valence-electron chi connectivity index (χ1n) is 10.1. The minimum atomic E-state index is 0.501. The molecule has 0 spiro atoms. The summed E-state index contributed by atoms with van der Waals surface area (Å²) in [6.07, 6.45) is 7.43. The zero-order valence-electron chi connectivity index (χ0n) is 17.9. The molecular weight excluding hydrogens is 386 g/mol. The molecule has 0 saturated carbocycles. The molecule has 0 radical (unpaired) electrons. The molecule has 0 aliphatic rings. The molecule has 31 heavy (non-hydrogen) atoms. The topological polar surface area (TPSA) is 90.9 Å². The van der Waals surface area contributed by atoms with Crippen LogP contribution in [0.25, 0.3) is 33.1 Å². The molecule has 0 aliphatic carbocycles. The first kappa shape index (κ1) is 20.3. The number of pyridine rings is 1. The number of fused-ring (bicyclic) bond motifs is 2. The summed E-state index contributed by atoms with van der Waals surface area (Å²) in [6.45, 7) is 8.42. The molecule has 0 saturated heterocycles. The number of hydrogen-bond acceptors (Lipinski definition) is 6. The highest BCUT2D eigenvalue weighted by Gasteiger charge is 2.16. The van der Waals surface area contributed by atoms with E-state index in [1.165, 1.54) is 0 Å². The average Bonchev–Trinajstić information content (AvgIpc) is 3.22. The van der Waals surface area contributed by atoms with Crippen molar-refractivity contribution >= 4 is 39.4 Å². The van der Waals surface area contributed by atoms with E-state index in [4.69, 9.17) is 0 Å². The van der Waals surface area contributed by atoms with Crippen LogP contribution in [0.5, 0.6) is 0 Å². The van der Waals surface area contributed by atoms with Gasteiger partial charge >= 0.3 is 0 Å². The minimum Gasteiger partial charge on any atom is -0.364 e. The lowest BCUT2D eigenvalue weighted by Gasteiger charge is -2.12. The van der Waals surface area contributed by atoms with Crippen LogP contribution in [-0.4, -0.2) is 39.2 Å². The van der Waals surface area contributed by atoms with E-state index in [1.54, 1.807) is 19.4 Å². The molecule has 0 aliphatic heterocycles. The zero-order chi connectivity index (χ0) is 21.8. The average molecular weight is 412 g/mol. The van der Waals surface area contributed by atoms with Crippen molar-refractivity contribution in [1.29, 1.82) is 0 Å². The number of aromatic nitrogens is 4. The van der Waals surface area contributed by atoms with Gasteiger partial charge in [0.1, 0.15) is 11.5 Å². The second kappa shape index (κ2) is 8.79. The Morgan fingerprint density at radius 2 is 2.13 bits per heavy atom. The fourth-order valence-corrected chi connectivity index (χ4v) is 3.38. The number of aliphatic imine (C=N–C) groups is 1. The SMILES string of the molecule is C=C(C)C(CNc1nc(NC)nc2[nH]cc(-c3ccc4ncccc4c3)c12)=N/C=C\C. The van der Waals surface area contributed by atoms with Crippen molar-refractivity contribution in [1.82, 2.24) is 19.9 Å². The highest BCUT2D eigenvalue weighted by atomic mass is 15.1. The van der Waals surface area contributed by atoms with Crippen LogP contribution in [0.4, 0.5) is 11.8 Å². The Hall–Kier alpha value is -4.00. The lowest BCUT2D eigenvalue weighted by molar-refractivity contribution is 1.16. The summed E-state index contributed by atoms with van der Waals surface area (Å²) in [5.41, 5.74) is 5.58. The molecule has 7 heteroatoms. The second-order valence-corrected chi connectivity index (χ2v) is 7.17. The number of rotatable bonds is 7. The molecule has 3 N–H and O–H groups in total. The smallest absolute Gasteiger partial charge is 0.226 e. The summed E-state index contributed by atoms with van der Waals surface area (Å²) in [6, 6.07) is 10.2. The van der Waals surface area contributed by atoms with Gasteiger partial charge < -0.3 is 15.6 Å². The normalized spacial score (nSPS) is 12.0. The molecule has 1 aromatic carbocycles. The molecule has 0 atom stereocenters. The number of anilines is 2. The summed E-state index contributed by atoms with van der Waals surface area (Å²) in [7, 11) is 1.80. The van der Waals surface area contributed by atoms with Crippen molar-refractivity contribution in [3.63, 3.8) is 0 Å². The maximum absolute atomic E-state index is 4.68. The number of benzene rings is 1. The Morgan fingerprint density at radius 3 is 2.90 bits per heavy atom. The van der Waals surface area contributed by atoms with Gasteiger partial charge in [-0.05, 0) is 43.2 Å². The maximum Gasteiger partial charge on any atom is 0.226 e. The molecule has 3 heterocycles. The van der Waals surface area contributed by atoms with Crippen LogP contribution >= 0.6 is 0 Å². The van der Waals surface area contributed by atoms with Crippen LogP contribution in [-0.2, 0) is 0 Å². The van der Waals surface area contributed by atoms with Gasteiger partial charge in [-0.1, -0.05) is 24.8 Å². The summed E-state index contributed by atoms with van der Waals surface area (Å²) in [4.78, 5) is 21.5. The first-order chi connectivity index (χ1) is 15.1. The van der Waals surface area contributed by atoms with E-state index in [-0.39, 0.29) is 0 Å². The summed E-state index contributed by atoms with van der Waals surface area (Å²) < 4.78 is 0. The van der Waals surface area contributed by atoms with Gasteiger partial charge in [0.05, 0.1) is 23.2 Å². The number of nitrogens with one attached hydrogen (secondary N) is 3. The van der Waals surface area contributed by atoms with Crippen LogP contribution < -0.4 is 10.6 Å². The van der Waals surface area contributed by atoms with Crippen LogP contribution in [0.2, 0.25) is 0 Å². The Morgan fingerprint density at radius 1 is 1.26 bits per heavy atom. The fraction of sp³-hybridized carbons (Fsp3) is 0.167. The van der Waals surface area contributed by atoms with Crippen LogP contribution in [0.1, 0.15) is 13.8 Å². The summed E-state index contributed by atoms with van der Waals surface area (Å²) >= 11 is 0. The zero-order valence-corrected chi connectivity index (χ0v) is 17.9. The molecule has 156 valence electrons. The quantitative estimate of drug-likeness (QED) is 0.365. The Labute approximate surface area is 181 Å². The highest BCUT2D eigenvalue weighted by Crippen LogP contribution is 2.34. The highest BCUT2D eigenvalue weighted by molar-refractivity contribution is 6.06. The fourth-order valence-electron chi connectivity index (χ4n) is 3.38. The van der Waals surface area contributed by atoms with E-state index in [0.717, 1.165) is 50.2 Å². The maximum atomic E-state index is 4.68. The van der Waals surface area contributed by atoms with Gasteiger partial charge in [-0.15, -0.1) is 0 Å². The third-order valence-electron chi connectivity index (χ3n) is 4.96. The standard InChI is InChI=1S/C24H25N7/c1-5-10-26-20(15(2)3)14-29-23-21-18(13-28-22(21)30-24(25-4)31-23)16-8-9-19-17(12-16)7-6-11-27-19/h5-13H,2,14H2,1,3-4H3,(H3,25,28,29,30,31)/b10-5-,26-20?. The van der Waals surface area contributed by atoms with Crippen molar-refractivity contribution in [2.75, 3.05) is 24.2 Å². The van der Waals surface area contributed by atoms with Gasteiger partial charge in [0.2, 0.25) is 5.95 Å². The van der Waals surface area contributed by atoms with Crippen LogP contribution in [0.15, 0.2) is 72.1 Å². The molecule has 4 rings (SSSR count). The molecule has 0 unspecified atom stereocenters. The molecule has 0 fully saturated rings. The Bertz CT molecular complexity index is 1310. The largest absolute Gasteiger partial charge is 0.364 e. The summed E-state index contributed by atoms with van der Waals surface area (Å²) in [5.74, 6) is 1.26. The number of allylic oxidation sites excluding steroid dienone is 1. The molecule has 3 aromatic heterocycles. The van der Waals surface area contributed by atoms with Crippen LogP contribution in [0.3, 0.4) is 0 Å². The van der Waals surface area contributed by atoms with Crippen molar-refractivity contribution in [3.8, 4) is 11.1 Å². The van der Waals surface area contributed by atoms with Gasteiger partial charge in [0, 0.05) is 36.6 Å². The van der Waals surface area contributed by atoms with Gasteiger partial charge in [-0.25, -0.2) is 0 Å². The Kier molecular flexibility index (Phi) is 5.75. The molecule has 4 aromatic rings. The predicted octanol–water partition coefficient (Wildman–Crippen LogP) is 5.18. The van der Waals surface area contributed by atoms with E-state index in [2.05, 4.69) is 60.3 Å². The lowest BCUT2D eigenvalue weighted by atomic mass is 10.0. The molecule has 7 nitrogen and oxygen atoms in total. The Balaban J connectivity index is 1.80. The second-order valence-electron chi connectivity index (χ2n) is 7.17. The number of nitrogens with zero attached hydrogens (tertiary/aromatic N) is 4. The van der Waals surface area contributed by atoms with Crippen molar-refractivity contribution in [3.05, 3.63) is 67.2 Å². The minimum absolute atomic E-state index is 0.501. The van der Waals surface area contributed by atoms with Gasteiger partial charge in [0.15, 0.2) is 0 Å². The van der Waals surface area contributed by atoms with E-state index in [9.17, 15) is 0 Å². The predicted molar refractivity (Wildman–Crippen MR) is 130 cm³/mol. The van der Waals surface area contributed by atoms with Gasteiger partial charge in [0.25, 0.3) is 0 Å².